The van der Waals surface area contributed by atoms with Crippen molar-refractivity contribution in [2.75, 3.05) is 24.6 Å². The van der Waals surface area contributed by atoms with Crippen LogP contribution in [0, 0.1) is 19.8 Å². The normalized spacial score (nSPS) is 19.5. The summed E-state index contributed by atoms with van der Waals surface area (Å²) in [5.41, 5.74) is 3.25. The van der Waals surface area contributed by atoms with Gasteiger partial charge in [-0.15, -0.1) is 0 Å². The number of morpholine rings is 1. The van der Waals surface area contributed by atoms with Gasteiger partial charge in [0.1, 0.15) is 0 Å². The third-order valence-corrected chi connectivity index (χ3v) is 6.56. The van der Waals surface area contributed by atoms with Crippen LogP contribution in [0.3, 0.4) is 0 Å². The van der Waals surface area contributed by atoms with Crippen LogP contribution in [0.25, 0.3) is 10.4 Å². The van der Waals surface area contributed by atoms with Gasteiger partial charge in [-0.2, -0.15) is 13.2 Å². The first-order chi connectivity index (χ1) is 14.7. The molecule has 168 valence electrons. The molecule has 0 unspecified atom stereocenters. The molecule has 1 N–H and O–H groups in total. The Hall–Kier alpha value is -2.20. The molecule has 31 heavy (non-hydrogen) atoms. The molecule has 2 aromatic heterocycles. The van der Waals surface area contributed by atoms with Crippen LogP contribution in [0.4, 0.5) is 18.3 Å². The van der Waals surface area contributed by atoms with Gasteiger partial charge < -0.3 is 15.0 Å². The second kappa shape index (κ2) is 8.74. The Morgan fingerprint density at radius 3 is 2.61 bits per heavy atom. The average Bonchev–Trinajstić information content (AvgIpc) is 3.40. The standard InChI is InChI=1S/C21H25F3N4O2S/c1-12-7-15(8-13(2)26-12)19-16(10-25-18(29)9-14-3-4-14)27-20(31-19)28-5-6-30-17(11-28)21(22,23)24/h7-8,14,17H,3-6,9-11H2,1-2H3,(H,25,29)/t17-/m0/s1. The highest BCUT2D eigenvalue weighted by molar-refractivity contribution is 7.19. The molecule has 1 saturated carbocycles. The van der Waals surface area contributed by atoms with E-state index >= 15 is 0 Å². The van der Waals surface area contributed by atoms with Crippen LogP contribution < -0.4 is 10.2 Å². The minimum absolute atomic E-state index is 0.0139. The lowest BCUT2D eigenvalue weighted by Crippen LogP contribution is -2.49. The molecule has 1 atom stereocenters. The molecule has 1 aliphatic heterocycles. The van der Waals surface area contributed by atoms with E-state index in [1.165, 1.54) is 11.3 Å². The Morgan fingerprint density at radius 1 is 1.26 bits per heavy atom. The topological polar surface area (TPSA) is 67.3 Å². The van der Waals surface area contributed by atoms with E-state index in [4.69, 9.17) is 4.74 Å². The first kappa shape index (κ1) is 22.0. The minimum atomic E-state index is -4.42. The molecule has 1 amide bonds. The second-order valence-electron chi connectivity index (χ2n) is 8.18. The molecule has 3 heterocycles. The van der Waals surface area contributed by atoms with Gasteiger partial charge in [-0.05, 0) is 50.3 Å². The fourth-order valence-corrected chi connectivity index (χ4v) is 4.75. The highest BCUT2D eigenvalue weighted by atomic mass is 32.1. The van der Waals surface area contributed by atoms with Crippen LogP contribution >= 0.6 is 11.3 Å². The van der Waals surface area contributed by atoms with Crippen LogP contribution in [0.15, 0.2) is 12.1 Å². The molecule has 2 aromatic rings. The number of nitrogens with zero attached hydrogens (tertiary/aromatic N) is 3. The number of hydrogen-bond donors (Lipinski definition) is 1. The summed E-state index contributed by atoms with van der Waals surface area (Å²) < 4.78 is 44.4. The Bertz CT molecular complexity index is 938. The third kappa shape index (κ3) is 5.54. The van der Waals surface area contributed by atoms with Gasteiger partial charge in [0.2, 0.25) is 5.91 Å². The number of anilines is 1. The van der Waals surface area contributed by atoms with Crippen molar-refractivity contribution in [2.24, 2.45) is 5.92 Å². The summed E-state index contributed by atoms with van der Waals surface area (Å²) in [6, 6.07) is 3.86. The monoisotopic (exact) mass is 454 g/mol. The van der Waals surface area contributed by atoms with E-state index in [-0.39, 0.29) is 25.6 Å². The van der Waals surface area contributed by atoms with Gasteiger partial charge in [-0.25, -0.2) is 4.98 Å². The molecule has 0 radical (unpaired) electrons. The van der Waals surface area contributed by atoms with Crippen LogP contribution in [0.2, 0.25) is 0 Å². The lowest BCUT2D eigenvalue weighted by atomic mass is 10.1. The third-order valence-electron chi connectivity index (χ3n) is 5.36. The summed E-state index contributed by atoms with van der Waals surface area (Å²) in [6.07, 6.45) is -3.56. The van der Waals surface area contributed by atoms with Gasteiger partial charge in [0, 0.05) is 24.4 Å². The minimum Gasteiger partial charge on any atom is -0.365 e. The SMILES string of the molecule is Cc1cc(-c2sc(N3CCO[C@H](C(F)(F)F)C3)nc2CNC(=O)CC2CC2)cc(C)n1. The molecular weight excluding hydrogens is 429 g/mol. The van der Waals surface area contributed by atoms with E-state index in [2.05, 4.69) is 15.3 Å². The summed E-state index contributed by atoms with van der Waals surface area (Å²) in [5, 5.41) is 3.43. The first-order valence-corrected chi connectivity index (χ1v) is 11.2. The lowest BCUT2D eigenvalue weighted by molar-refractivity contribution is -0.221. The van der Waals surface area contributed by atoms with Crippen molar-refractivity contribution in [2.45, 2.75) is 51.9 Å². The Kier molecular flexibility index (Phi) is 6.20. The summed E-state index contributed by atoms with van der Waals surface area (Å²) >= 11 is 1.34. The summed E-state index contributed by atoms with van der Waals surface area (Å²) in [7, 11) is 0. The van der Waals surface area contributed by atoms with Gasteiger partial charge >= 0.3 is 6.18 Å². The number of pyridine rings is 1. The van der Waals surface area contributed by atoms with E-state index in [9.17, 15) is 18.0 Å². The van der Waals surface area contributed by atoms with E-state index < -0.39 is 12.3 Å². The molecule has 1 saturated heterocycles. The second-order valence-corrected chi connectivity index (χ2v) is 9.16. The molecule has 0 aromatic carbocycles. The number of carbonyl (C=O) groups excluding carboxylic acids is 1. The molecule has 0 spiro atoms. The molecule has 2 fully saturated rings. The Labute approximate surface area is 182 Å². The van der Waals surface area contributed by atoms with Crippen molar-refractivity contribution in [1.29, 1.82) is 0 Å². The molecule has 6 nitrogen and oxygen atoms in total. The number of alkyl halides is 3. The molecule has 4 rings (SSSR count). The van der Waals surface area contributed by atoms with Crippen molar-refractivity contribution in [3.63, 3.8) is 0 Å². The van der Waals surface area contributed by atoms with E-state index in [1.807, 2.05) is 26.0 Å². The maximum absolute atomic E-state index is 13.2. The van der Waals surface area contributed by atoms with Crippen molar-refractivity contribution in [1.82, 2.24) is 15.3 Å². The number of halogens is 3. The number of rotatable bonds is 6. The van der Waals surface area contributed by atoms with Crippen molar-refractivity contribution >= 4 is 22.4 Å². The number of carbonyl (C=O) groups is 1. The number of nitrogens with one attached hydrogen (secondary N) is 1. The Balaban J connectivity index is 1.60. The first-order valence-electron chi connectivity index (χ1n) is 10.3. The van der Waals surface area contributed by atoms with Gasteiger partial charge in [0.15, 0.2) is 11.2 Å². The number of aromatic nitrogens is 2. The summed E-state index contributed by atoms with van der Waals surface area (Å²) in [6.45, 7) is 4.06. The highest BCUT2D eigenvalue weighted by Crippen LogP contribution is 2.37. The van der Waals surface area contributed by atoms with Crippen LogP contribution in [0.1, 0.15) is 36.3 Å². The zero-order chi connectivity index (χ0) is 22.2. The zero-order valence-corrected chi connectivity index (χ0v) is 18.3. The Morgan fingerprint density at radius 2 is 1.97 bits per heavy atom. The van der Waals surface area contributed by atoms with Crippen molar-refractivity contribution in [3.05, 3.63) is 29.2 Å². The predicted octanol–water partition coefficient (Wildman–Crippen LogP) is 4.01. The van der Waals surface area contributed by atoms with Gasteiger partial charge in [0.25, 0.3) is 0 Å². The lowest BCUT2D eigenvalue weighted by Gasteiger charge is -2.33. The van der Waals surface area contributed by atoms with Crippen LogP contribution in [-0.4, -0.2) is 47.9 Å². The number of ether oxygens (including phenoxy) is 1. The number of hydrogen-bond acceptors (Lipinski definition) is 6. The van der Waals surface area contributed by atoms with E-state index in [0.717, 1.165) is 34.7 Å². The fourth-order valence-electron chi connectivity index (χ4n) is 3.65. The van der Waals surface area contributed by atoms with Gasteiger partial charge in [-0.3, -0.25) is 9.78 Å². The molecule has 1 aliphatic carbocycles. The van der Waals surface area contributed by atoms with E-state index in [1.54, 1.807) is 4.90 Å². The van der Waals surface area contributed by atoms with E-state index in [0.29, 0.717) is 29.7 Å². The maximum Gasteiger partial charge on any atom is 0.416 e. The van der Waals surface area contributed by atoms with Crippen LogP contribution in [0.5, 0.6) is 0 Å². The molecule has 10 heteroatoms. The number of aryl methyl sites for hydroxylation is 2. The van der Waals surface area contributed by atoms with Gasteiger partial charge in [0.05, 0.1) is 30.3 Å². The number of amides is 1. The van der Waals surface area contributed by atoms with Crippen molar-refractivity contribution < 1.29 is 22.7 Å². The highest BCUT2D eigenvalue weighted by Gasteiger charge is 2.44. The maximum atomic E-state index is 13.2. The average molecular weight is 455 g/mol. The fraction of sp³-hybridized carbons (Fsp3) is 0.571. The molecule has 2 aliphatic rings. The summed E-state index contributed by atoms with van der Waals surface area (Å²) in [5.74, 6) is 0.456. The van der Waals surface area contributed by atoms with Crippen molar-refractivity contribution in [3.8, 4) is 10.4 Å². The van der Waals surface area contributed by atoms with Gasteiger partial charge in [-0.1, -0.05) is 11.3 Å². The smallest absolute Gasteiger partial charge is 0.365 e. The molecule has 0 bridgehead atoms. The molecular formula is C21H25F3N4O2S. The number of thiazole rings is 1. The quantitative estimate of drug-likeness (QED) is 0.715. The largest absolute Gasteiger partial charge is 0.416 e. The summed E-state index contributed by atoms with van der Waals surface area (Å²) in [4.78, 5) is 23.7. The zero-order valence-electron chi connectivity index (χ0n) is 17.5. The predicted molar refractivity (Wildman–Crippen MR) is 112 cm³/mol. The van der Waals surface area contributed by atoms with Crippen LogP contribution in [-0.2, 0) is 16.1 Å².